The monoisotopic (exact) mass is 228 g/mol. The molecule has 1 rings (SSSR count). The highest BCUT2D eigenvalue weighted by molar-refractivity contribution is 6.31. The van der Waals surface area contributed by atoms with E-state index >= 15 is 0 Å². The van der Waals surface area contributed by atoms with Gasteiger partial charge in [-0.3, -0.25) is 4.79 Å². The Morgan fingerprint density at radius 2 is 2.00 bits per heavy atom. The summed E-state index contributed by atoms with van der Waals surface area (Å²) < 4.78 is 4.44. The molecule has 5 heteroatoms. The van der Waals surface area contributed by atoms with E-state index in [9.17, 15) is 14.7 Å². The predicted molar refractivity (Wildman–Crippen MR) is 54.5 cm³/mol. The smallest absolute Gasteiger partial charge is 0.341 e. The fourth-order valence-corrected chi connectivity index (χ4v) is 1.26. The molecule has 0 aliphatic heterocycles. The molecule has 0 aromatic heterocycles. The van der Waals surface area contributed by atoms with Crippen LogP contribution in [0.4, 0.5) is 0 Å². The number of ether oxygens (including phenoxy) is 1. The predicted octanol–water partition coefficient (Wildman–Crippen LogP) is 1.60. The summed E-state index contributed by atoms with van der Waals surface area (Å²) in [5, 5.41) is 9.61. The SMILES string of the molecule is COC(=O)c1cccc(C(=O)CCl)c1O. The van der Waals surface area contributed by atoms with E-state index in [2.05, 4.69) is 4.74 Å². The van der Waals surface area contributed by atoms with Crippen molar-refractivity contribution in [2.45, 2.75) is 0 Å². The first-order valence-corrected chi connectivity index (χ1v) is 4.64. The van der Waals surface area contributed by atoms with E-state index in [1.165, 1.54) is 25.3 Å². The van der Waals surface area contributed by atoms with Crippen LogP contribution < -0.4 is 0 Å². The molecule has 0 saturated carbocycles. The average Bonchev–Trinajstić information content (AvgIpc) is 2.27. The van der Waals surface area contributed by atoms with Crippen LogP contribution in [-0.4, -0.2) is 29.8 Å². The van der Waals surface area contributed by atoms with E-state index < -0.39 is 17.5 Å². The molecule has 4 nitrogen and oxygen atoms in total. The Kier molecular flexibility index (Phi) is 3.68. The second-order valence-corrected chi connectivity index (χ2v) is 3.02. The van der Waals surface area contributed by atoms with Crippen molar-refractivity contribution in [3.05, 3.63) is 29.3 Å². The van der Waals surface area contributed by atoms with Crippen molar-refractivity contribution in [3.8, 4) is 5.75 Å². The highest BCUT2D eigenvalue weighted by Crippen LogP contribution is 2.23. The zero-order valence-corrected chi connectivity index (χ0v) is 8.75. The molecule has 0 heterocycles. The molecule has 0 unspecified atom stereocenters. The van der Waals surface area contributed by atoms with Gasteiger partial charge in [0, 0.05) is 0 Å². The Bertz CT molecular complexity index is 366. The molecule has 0 aliphatic rings. The van der Waals surface area contributed by atoms with Crippen LogP contribution in [0.5, 0.6) is 5.75 Å². The van der Waals surface area contributed by atoms with Crippen LogP contribution in [0.25, 0.3) is 0 Å². The Balaban J connectivity index is 3.23. The molecule has 15 heavy (non-hydrogen) atoms. The lowest BCUT2D eigenvalue weighted by atomic mass is 10.1. The van der Waals surface area contributed by atoms with E-state index in [-0.39, 0.29) is 17.0 Å². The summed E-state index contributed by atoms with van der Waals surface area (Å²) >= 11 is 5.35. The summed E-state index contributed by atoms with van der Waals surface area (Å²) in [4.78, 5) is 22.4. The number of Topliss-reactive ketones (excluding diaryl/α,β-unsaturated/α-hetero) is 1. The van der Waals surface area contributed by atoms with Gasteiger partial charge < -0.3 is 9.84 Å². The second kappa shape index (κ2) is 4.79. The standard InChI is InChI=1S/C10H9ClO4/c1-15-10(14)7-4-2-3-6(9(7)13)8(12)5-11/h2-4,13H,5H2,1H3. The maximum Gasteiger partial charge on any atom is 0.341 e. The van der Waals surface area contributed by atoms with Crippen LogP contribution in [0.1, 0.15) is 20.7 Å². The van der Waals surface area contributed by atoms with Gasteiger partial charge in [-0.15, -0.1) is 11.6 Å². The van der Waals surface area contributed by atoms with Crippen molar-refractivity contribution in [3.63, 3.8) is 0 Å². The lowest BCUT2D eigenvalue weighted by molar-refractivity contribution is 0.0597. The number of carbonyl (C=O) groups is 2. The summed E-state index contributed by atoms with van der Waals surface area (Å²) in [5.41, 5.74) is -0.0265. The average molecular weight is 229 g/mol. The number of phenolic OH excluding ortho intramolecular Hbond substituents is 1. The maximum atomic E-state index is 11.3. The minimum absolute atomic E-state index is 0.0212. The van der Waals surface area contributed by atoms with Crippen LogP contribution in [0, 0.1) is 0 Å². The molecule has 0 atom stereocenters. The quantitative estimate of drug-likeness (QED) is 0.485. The molecular weight excluding hydrogens is 220 g/mol. The van der Waals surface area contributed by atoms with Crippen molar-refractivity contribution >= 4 is 23.4 Å². The first-order chi connectivity index (χ1) is 7.11. The summed E-state index contributed by atoms with van der Waals surface area (Å²) in [6, 6.07) is 4.24. The number of hydrogen-bond donors (Lipinski definition) is 1. The molecule has 0 fully saturated rings. The van der Waals surface area contributed by atoms with Gasteiger partial charge in [0.05, 0.1) is 18.6 Å². The molecule has 0 amide bonds. The Hall–Kier alpha value is -1.55. The highest BCUT2D eigenvalue weighted by Gasteiger charge is 2.17. The Morgan fingerprint density at radius 1 is 1.40 bits per heavy atom. The normalized spacial score (nSPS) is 9.73. The summed E-state index contributed by atoms with van der Waals surface area (Å²) in [7, 11) is 1.19. The van der Waals surface area contributed by atoms with E-state index in [4.69, 9.17) is 11.6 Å². The Morgan fingerprint density at radius 3 is 2.53 bits per heavy atom. The first kappa shape index (κ1) is 11.5. The molecule has 0 spiro atoms. The van der Waals surface area contributed by atoms with Crippen molar-refractivity contribution < 1.29 is 19.4 Å². The minimum atomic E-state index is -0.697. The molecule has 0 radical (unpaired) electrons. The number of hydrogen-bond acceptors (Lipinski definition) is 4. The number of carbonyl (C=O) groups excluding carboxylic acids is 2. The van der Waals surface area contributed by atoms with E-state index in [1.807, 2.05) is 0 Å². The van der Waals surface area contributed by atoms with Gasteiger partial charge in [-0.25, -0.2) is 4.79 Å². The molecular formula is C10H9ClO4. The molecule has 1 aromatic rings. The van der Waals surface area contributed by atoms with Crippen LogP contribution in [0.2, 0.25) is 0 Å². The number of methoxy groups -OCH3 is 1. The van der Waals surface area contributed by atoms with Gasteiger partial charge in [0.2, 0.25) is 0 Å². The van der Waals surface area contributed by atoms with E-state index in [0.29, 0.717) is 0 Å². The highest BCUT2D eigenvalue weighted by atomic mass is 35.5. The summed E-state index contributed by atoms with van der Waals surface area (Å²) in [6.07, 6.45) is 0. The van der Waals surface area contributed by atoms with Gasteiger partial charge in [0.1, 0.15) is 11.3 Å². The van der Waals surface area contributed by atoms with E-state index in [1.54, 1.807) is 0 Å². The second-order valence-electron chi connectivity index (χ2n) is 2.75. The summed E-state index contributed by atoms with van der Waals surface area (Å²) in [6.45, 7) is 0. The third-order valence-corrected chi connectivity index (χ3v) is 2.11. The van der Waals surface area contributed by atoms with Crippen LogP contribution >= 0.6 is 11.6 Å². The zero-order valence-electron chi connectivity index (χ0n) is 7.99. The summed E-state index contributed by atoms with van der Waals surface area (Å²) in [5.74, 6) is -1.79. The maximum absolute atomic E-state index is 11.3. The number of alkyl halides is 1. The number of halogens is 1. The molecule has 0 aliphatic carbocycles. The minimum Gasteiger partial charge on any atom is -0.506 e. The van der Waals surface area contributed by atoms with Gasteiger partial charge in [-0.1, -0.05) is 6.07 Å². The van der Waals surface area contributed by atoms with Crippen molar-refractivity contribution in [2.75, 3.05) is 13.0 Å². The number of para-hydroxylation sites is 1. The third kappa shape index (κ3) is 2.27. The zero-order chi connectivity index (χ0) is 11.4. The van der Waals surface area contributed by atoms with Gasteiger partial charge in [0.25, 0.3) is 0 Å². The number of esters is 1. The molecule has 0 bridgehead atoms. The van der Waals surface area contributed by atoms with Gasteiger partial charge >= 0.3 is 5.97 Å². The number of benzene rings is 1. The van der Waals surface area contributed by atoms with Gasteiger partial charge in [0.15, 0.2) is 5.78 Å². The fourth-order valence-electron chi connectivity index (χ4n) is 1.12. The van der Waals surface area contributed by atoms with Crippen LogP contribution in [0.3, 0.4) is 0 Å². The first-order valence-electron chi connectivity index (χ1n) is 4.11. The van der Waals surface area contributed by atoms with Crippen molar-refractivity contribution in [1.82, 2.24) is 0 Å². The number of phenols is 1. The molecule has 80 valence electrons. The van der Waals surface area contributed by atoms with Gasteiger partial charge in [-0.05, 0) is 12.1 Å². The van der Waals surface area contributed by atoms with Gasteiger partial charge in [-0.2, -0.15) is 0 Å². The Labute approximate surface area is 91.4 Å². The fraction of sp³-hybridized carbons (Fsp3) is 0.200. The number of ketones is 1. The molecule has 1 N–H and O–H groups in total. The third-order valence-electron chi connectivity index (χ3n) is 1.86. The lowest BCUT2D eigenvalue weighted by Gasteiger charge is -2.05. The number of rotatable bonds is 3. The topological polar surface area (TPSA) is 63.6 Å². The van der Waals surface area contributed by atoms with E-state index in [0.717, 1.165) is 0 Å². The largest absolute Gasteiger partial charge is 0.506 e. The molecule has 0 saturated heterocycles. The number of aromatic hydroxyl groups is 1. The lowest BCUT2D eigenvalue weighted by Crippen LogP contribution is -2.06. The molecule has 1 aromatic carbocycles. The van der Waals surface area contributed by atoms with Crippen molar-refractivity contribution in [2.24, 2.45) is 0 Å². The van der Waals surface area contributed by atoms with Crippen LogP contribution in [0.15, 0.2) is 18.2 Å². The van der Waals surface area contributed by atoms with Crippen molar-refractivity contribution in [1.29, 1.82) is 0 Å². The van der Waals surface area contributed by atoms with Crippen LogP contribution in [-0.2, 0) is 4.74 Å².